The summed E-state index contributed by atoms with van der Waals surface area (Å²) in [7, 11) is 0. The van der Waals surface area contributed by atoms with Crippen molar-refractivity contribution >= 4 is 45.2 Å². The number of fused-ring (bicyclic) bond motifs is 1. The van der Waals surface area contributed by atoms with Gasteiger partial charge in [-0.2, -0.15) is 0 Å². The van der Waals surface area contributed by atoms with Gasteiger partial charge in [-0.3, -0.25) is 9.59 Å². The van der Waals surface area contributed by atoms with Gasteiger partial charge in [-0.1, -0.05) is 12.8 Å². The van der Waals surface area contributed by atoms with E-state index >= 15 is 0 Å². The molecule has 0 unspecified atom stereocenters. The first-order valence-corrected chi connectivity index (χ1v) is 11.4. The first-order valence-electron chi connectivity index (χ1n) is 9.52. The number of nitrogens with zero attached hydrogens (tertiary/aromatic N) is 1. The fourth-order valence-corrected chi connectivity index (χ4v) is 5.20. The largest absolute Gasteiger partial charge is 0.462 e. The minimum absolute atomic E-state index is 0.0174. The Labute approximate surface area is 171 Å². The van der Waals surface area contributed by atoms with Crippen molar-refractivity contribution in [3.63, 3.8) is 0 Å². The van der Waals surface area contributed by atoms with E-state index in [1.165, 1.54) is 35.9 Å². The van der Waals surface area contributed by atoms with Crippen molar-refractivity contribution in [1.29, 1.82) is 0 Å². The van der Waals surface area contributed by atoms with Gasteiger partial charge in [0.1, 0.15) is 15.5 Å². The van der Waals surface area contributed by atoms with Crippen molar-refractivity contribution in [2.45, 2.75) is 57.7 Å². The van der Waals surface area contributed by atoms with Crippen molar-refractivity contribution in [2.75, 3.05) is 12.4 Å². The average molecular weight is 424 g/mol. The Bertz CT molecular complexity index is 931. The molecule has 2 aromatic rings. The maximum Gasteiger partial charge on any atom is 0.348 e. The van der Waals surface area contributed by atoms with Crippen LogP contribution in [0.25, 0.3) is 10.2 Å². The number of carbonyl (C=O) groups is 2. The Balaban J connectivity index is 1.72. The first kappa shape index (κ1) is 20.9. The lowest BCUT2D eigenvalue weighted by Gasteiger charge is -2.14. The predicted octanol–water partition coefficient (Wildman–Crippen LogP) is 3.32. The van der Waals surface area contributed by atoms with Gasteiger partial charge in [0.2, 0.25) is 5.91 Å². The molecule has 0 bridgehead atoms. The van der Waals surface area contributed by atoms with Crippen LogP contribution in [0.5, 0.6) is 0 Å². The summed E-state index contributed by atoms with van der Waals surface area (Å²) in [5.74, 6) is 0.406. The zero-order chi connectivity index (χ0) is 20.3. The Morgan fingerprint density at radius 2 is 2.11 bits per heavy atom. The molecule has 1 amide bonds. The average Bonchev–Trinajstić information content (AvgIpc) is 3.27. The van der Waals surface area contributed by atoms with E-state index in [0.717, 1.165) is 12.8 Å². The molecule has 152 valence electrons. The summed E-state index contributed by atoms with van der Waals surface area (Å²) in [6.45, 7) is 5.65. The molecular weight excluding hydrogens is 398 g/mol. The summed E-state index contributed by atoms with van der Waals surface area (Å²) in [5, 5.41) is 3.33. The van der Waals surface area contributed by atoms with Crippen molar-refractivity contribution in [1.82, 2.24) is 15.3 Å². The van der Waals surface area contributed by atoms with Gasteiger partial charge in [0.15, 0.2) is 0 Å². The summed E-state index contributed by atoms with van der Waals surface area (Å²) in [6.07, 6.45) is 4.46. The molecule has 28 heavy (non-hydrogen) atoms. The number of H-pyrrole nitrogens is 1. The zero-order valence-corrected chi connectivity index (χ0v) is 17.9. The summed E-state index contributed by atoms with van der Waals surface area (Å²) < 4.78 is 5.06. The van der Waals surface area contributed by atoms with Gasteiger partial charge < -0.3 is 15.0 Å². The van der Waals surface area contributed by atoms with Crippen LogP contribution in [-0.4, -0.2) is 40.2 Å². The highest BCUT2D eigenvalue weighted by Gasteiger charge is 2.22. The summed E-state index contributed by atoms with van der Waals surface area (Å²) in [6, 6.07) is 0.299. The SMILES string of the molecule is CCOC(=O)c1sc2nc([C@@H](C)SCC(=O)NC3CCCC3)[nH]c(=O)c2c1C. The van der Waals surface area contributed by atoms with Crippen molar-refractivity contribution < 1.29 is 14.3 Å². The van der Waals surface area contributed by atoms with E-state index in [1.54, 1.807) is 13.8 Å². The molecule has 1 saturated carbocycles. The second-order valence-electron chi connectivity index (χ2n) is 6.91. The molecule has 1 aliphatic rings. The Hall–Kier alpha value is -1.87. The third kappa shape index (κ3) is 4.57. The minimum Gasteiger partial charge on any atom is -0.462 e. The van der Waals surface area contributed by atoms with Crippen LogP contribution in [0.2, 0.25) is 0 Å². The molecule has 2 N–H and O–H groups in total. The number of nitrogens with one attached hydrogen (secondary N) is 2. The quantitative estimate of drug-likeness (QED) is 0.663. The van der Waals surface area contributed by atoms with Crippen LogP contribution in [-0.2, 0) is 9.53 Å². The van der Waals surface area contributed by atoms with E-state index < -0.39 is 5.97 Å². The molecule has 1 atom stereocenters. The van der Waals surface area contributed by atoms with Crippen LogP contribution < -0.4 is 10.9 Å². The van der Waals surface area contributed by atoms with E-state index in [0.29, 0.717) is 38.3 Å². The van der Waals surface area contributed by atoms with Crippen LogP contribution in [0, 0.1) is 6.92 Å². The number of rotatable bonds is 7. The van der Waals surface area contributed by atoms with E-state index in [2.05, 4.69) is 15.3 Å². The number of hydrogen-bond acceptors (Lipinski definition) is 7. The fraction of sp³-hybridized carbons (Fsp3) is 0.579. The molecule has 9 heteroatoms. The van der Waals surface area contributed by atoms with Crippen LogP contribution in [0.15, 0.2) is 4.79 Å². The van der Waals surface area contributed by atoms with Gasteiger partial charge in [0, 0.05) is 6.04 Å². The molecule has 0 radical (unpaired) electrons. The molecule has 0 saturated heterocycles. The maximum atomic E-state index is 12.6. The number of aromatic amines is 1. The fourth-order valence-electron chi connectivity index (χ4n) is 3.36. The zero-order valence-electron chi connectivity index (χ0n) is 16.3. The predicted molar refractivity (Wildman–Crippen MR) is 112 cm³/mol. The molecular formula is C19H25N3O4S2. The highest BCUT2D eigenvalue weighted by Crippen LogP contribution is 2.31. The smallest absolute Gasteiger partial charge is 0.348 e. The van der Waals surface area contributed by atoms with Crippen LogP contribution in [0.1, 0.15) is 65.8 Å². The maximum absolute atomic E-state index is 12.6. The highest BCUT2D eigenvalue weighted by atomic mass is 32.2. The van der Waals surface area contributed by atoms with E-state index in [-0.39, 0.29) is 23.3 Å². The van der Waals surface area contributed by atoms with Gasteiger partial charge in [-0.15, -0.1) is 23.1 Å². The number of thioether (sulfide) groups is 1. The number of amides is 1. The molecule has 3 rings (SSSR count). The van der Waals surface area contributed by atoms with Crippen LogP contribution in [0.4, 0.5) is 0 Å². The lowest BCUT2D eigenvalue weighted by molar-refractivity contribution is -0.119. The topological polar surface area (TPSA) is 101 Å². The first-order chi connectivity index (χ1) is 13.4. The molecule has 2 heterocycles. The monoisotopic (exact) mass is 423 g/mol. The van der Waals surface area contributed by atoms with Gasteiger partial charge in [0.05, 0.1) is 23.0 Å². The lowest BCUT2D eigenvalue weighted by atomic mass is 10.2. The number of thiophene rings is 1. The van der Waals surface area contributed by atoms with Crippen molar-refractivity contribution in [3.05, 3.63) is 26.6 Å². The van der Waals surface area contributed by atoms with Gasteiger partial charge >= 0.3 is 5.97 Å². The molecule has 0 aromatic carbocycles. The third-order valence-corrected chi connectivity index (χ3v) is 7.17. The number of hydrogen-bond donors (Lipinski definition) is 2. The molecule has 7 nitrogen and oxygen atoms in total. The molecule has 0 spiro atoms. The number of carbonyl (C=O) groups excluding carboxylic acids is 2. The van der Waals surface area contributed by atoms with Crippen molar-refractivity contribution in [2.24, 2.45) is 0 Å². The lowest BCUT2D eigenvalue weighted by Crippen LogP contribution is -2.34. The van der Waals surface area contributed by atoms with Gasteiger partial charge in [0.25, 0.3) is 5.56 Å². The molecule has 1 aliphatic carbocycles. The number of ether oxygens (including phenoxy) is 1. The molecule has 0 aliphatic heterocycles. The van der Waals surface area contributed by atoms with Gasteiger partial charge in [-0.05, 0) is 39.2 Å². The summed E-state index contributed by atoms with van der Waals surface area (Å²) in [4.78, 5) is 45.0. The highest BCUT2D eigenvalue weighted by molar-refractivity contribution is 8.00. The summed E-state index contributed by atoms with van der Waals surface area (Å²) in [5.41, 5.74) is 0.321. The van der Waals surface area contributed by atoms with Crippen LogP contribution >= 0.6 is 23.1 Å². The number of aryl methyl sites for hydroxylation is 1. The van der Waals surface area contributed by atoms with Crippen molar-refractivity contribution in [3.8, 4) is 0 Å². The standard InChI is InChI=1S/C19H25N3O4S2/c1-4-26-19(25)15-10(2)14-17(24)21-16(22-18(14)28-15)11(3)27-9-13(23)20-12-7-5-6-8-12/h11-12H,4-9H2,1-3H3,(H,20,23)(H,21,22,24)/t11-/m1/s1. The normalized spacial score (nSPS) is 15.7. The third-order valence-electron chi connectivity index (χ3n) is 4.85. The molecule has 2 aromatic heterocycles. The second-order valence-corrected chi connectivity index (χ2v) is 9.24. The second kappa shape index (κ2) is 9.09. The Kier molecular flexibility index (Phi) is 6.77. The van der Waals surface area contributed by atoms with E-state index in [1.807, 2.05) is 6.92 Å². The number of esters is 1. The van der Waals surface area contributed by atoms with E-state index in [9.17, 15) is 14.4 Å². The molecule has 1 fully saturated rings. The summed E-state index contributed by atoms with van der Waals surface area (Å²) >= 11 is 2.60. The Morgan fingerprint density at radius 3 is 2.79 bits per heavy atom. The van der Waals surface area contributed by atoms with Crippen LogP contribution in [0.3, 0.4) is 0 Å². The minimum atomic E-state index is -0.435. The Morgan fingerprint density at radius 1 is 1.39 bits per heavy atom. The van der Waals surface area contributed by atoms with E-state index in [4.69, 9.17) is 4.74 Å². The number of aromatic nitrogens is 2. The van der Waals surface area contributed by atoms with Gasteiger partial charge in [-0.25, -0.2) is 9.78 Å².